The van der Waals surface area contributed by atoms with Crippen molar-refractivity contribution in [2.45, 2.75) is 38.2 Å². The van der Waals surface area contributed by atoms with Gasteiger partial charge in [0.1, 0.15) is 11.5 Å². The van der Waals surface area contributed by atoms with Crippen molar-refractivity contribution >= 4 is 29.6 Å². The van der Waals surface area contributed by atoms with Gasteiger partial charge in [0.2, 0.25) is 11.5 Å². The minimum absolute atomic E-state index is 0.189. The number of fused-ring (bicyclic) bond motifs is 1. The molecule has 0 saturated heterocycles. The van der Waals surface area contributed by atoms with Gasteiger partial charge in [0, 0.05) is 5.56 Å². The third-order valence-corrected chi connectivity index (χ3v) is 5.27. The Kier molecular flexibility index (Phi) is 8.25. The Morgan fingerprint density at radius 3 is 2.90 bits per heavy atom. The lowest BCUT2D eigenvalue weighted by atomic mass is 10.2. The quantitative estimate of drug-likeness (QED) is 0.320. The number of hydrazone groups is 1. The number of amides is 1. The second-order valence-corrected chi connectivity index (χ2v) is 7.69. The van der Waals surface area contributed by atoms with Crippen molar-refractivity contribution in [1.82, 2.24) is 5.43 Å². The highest BCUT2D eigenvalue weighted by atomic mass is 32.2. The topological polar surface area (TPSA) is 72.0 Å². The summed E-state index contributed by atoms with van der Waals surface area (Å²) in [5, 5.41) is 7.28. The zero-order valence-corrected chi connectivity index (χ0v) is 17.4. The molecule has 1 aliphatic rings. The van der Waals surface area contributed by atoms with Gasteiger partial charge in [0.15, 0.2) is 0 Å². The molecule has 0 bridgehead atoms. The van der Waals surface area contributed by atoms with Crippen LogP contribution in [-0.2, 0) is 4.79 Å². The number of nitrogens with one attached hydrogen (secondary N) is 2. The summed E-state index contributed by atoms with van der Waals surface area (Å²) in [6.45, 7) is 2.88. The molecule has 1 aliphatic heterocycles. The van der Waals surface area contributed by atoms with Crippen LogP contribution in [0, 0.1) is 0 Å². The number of unbranched alkanes of at least 4 members (excludes halogenated alkanes) is 3. The van der Waals surface area contributed by atoms with Gasteiger partial charge >= 0.3 is 0 Å². The molecule has 29 heavy (non-hydrogen) atoms. The summed E-state index contributed by atoms with van der Waals surface area (Å²) >= 11 is 1.37. The second kappa shape index (κ2) is 11.4. The van der Waals surface area contributed by atoms with Gasteiger partial charge in [-0.3, -0.25) is 4.79 Å². The van der Waals surface area contributed by atoms with Crippen molar-refractivity contribution in [3.63, 3.8) is 0 Å². The number of ether oxygens (including phenoxy) is 2. The first-order valence-corrected chi connectivity index (χ1v) is 11.0. The van der Waals surface area contributed by atoms with Crippen LogP contribution in [0.4, 0.5) is 5.69 Å². The molecule has 0 radical (unpaired) electrons. The standard InChI is InChI=1S/C22H27N3O3S/c1-2-3-4-9-14-27-19-12-7-5-10-17(19)15-23-25-21(26)16-29-22-24-18-11-6-8-13-20(18)28-22/h5-8,10-13,15,22,24H,2-4,9,14,16H2,1H3,(H,25,26)/b23-15+. The Bertz CT molecular complexity index is 803. The molecule has 6 nitrogen and oxygen atoms in total. The third kappa shape index (κ3) is 6.71. The molecule has 0 aliphatic carbocycles. The maximum Gasteiger partial charge on any atom is 0.250 e. The molecule has 3 rings (SSSR count). The predicted molar refractivity (Wildman–Crippen MR) is 119 cm³/mol. The highest BCUT2D eigenvalue weighted by Crippen LogP contribution is 2.34. The molecule has 1 atom stereocenters. The van der Waals surface area contributed by atoms with E-state index in [1.54, 1.807) is 6.21 Å². The molecular weight excluding hydrogens is 386 g/mol. The van der Waals surface area contributed by atoms with Crippen LogP contribution in [0.2, 0.25) is 0 Å². The van der Waals surface area contributed by atoms with E-state index in [2.05, 4.69) is 22.8 Å². The van der Waals surface area contributed by atoms with E-state index in [-0.39, 0.29) is 17.2 Å². The van der Waals surface area contributed by atoms with Crippen LogP contribution in [0.3, 0.4) is 0 Å². The van der Waals surface area contributed by atoms with Crippen molar-refractivity contribution < 1.29 is 14.3 Å². The fraction of sp³-hybridized carbons (Fsp3) is 0.364. The molecule has 0 saturated carbocycles. The first-order chi connectivity index (χ1) is 14.3. The number of anilines is 1. The summed E-state index contributed by atoms with van der Waals surface area (Å²) in [6.07, 6.45) is 6.25. The summed E-state index contributed by atoms with van der Waals surface area (Å²) in [4.78, 5) is 12.1. The maximum absolute atomic E-state index is 12.1. The van der Waals surface area contributed by atoms with Crippen molar-refractivity contribution in [2.24, 2.45) is 5.10 Å². The Balaban J connectivity index is 1.40. The van der Waals surface area contributed by atoms with Crippen LogP contribution in [0.1, 0.15) is 38.2 Å². The summed E-state index contributed by atoms with van der Waals surface area (Å²) in [6, 6.07) is 15.4. The van der Waals surface area contributed by atoms with Crippen LogP contribution in [0.25, 0.3) is 0 Å². The van der Waals surface area contributed by atoms with Gasteiger partial charge in [0.25, 0.3) is 0 Å². The summed E-state index contributed by atoms with van der Waals surface area (Å²) < 4.78 is 11.6. The Labute approximate surface area is 176 Å². The number of nitrogens with zero attached hydrogens (tertiary/aromatic N) is 1. The van der Waals surface area contributed by atoms with Gasteiger partial charge in [-0.1, -0.05) is 62.2 Å². The van der Waals surface area contributed by atoms with E-state index in [1.165, 1.54) is 31.0 Å². The van der Waals surface area contributed by atoms with E-state index in [0.29, 0.717) is 6.61 Å². The molecule has 7 heteroatoms. The molecule has 2 aromatic carbocycles. The van der Waals surface area contributed by atoms with E-state index in [0.717, 1.165) is 29.2 Å². The normalized spacial score (nSPS) is 14.9. The fourth-order valence-electron chi connectivity index (χ4n) is 2.82. The van der Waals surface area contributed by atoms with E-state index in [1.807, 2.05) is 48.5 Å². The highest BCUT2D eigenvalue weighted by Gasteiger charge is 2.22. The summed E-state index contributed by atoms with van der Waals surface area (Å²) in [5.74, 6) is 1.62. The highest BCUT2D eigenvalue weighted by molar-refractivity contribution is 8.00. The molecule has 0 aromatic heterocycles. The largest absolute Gasteiger partial charge is 0.493 e. The Hall–Kier alpha value is -2.67. The van der Waals surface area contributed by atoms with E-state index >= 15 is 0 Å². The van der Waals surface area contributed by atoms with E-state index in [4.69, 9.17) is 9.47 Å². The van der Waals surface area contributed by atoms with Crippen molar-refractivity contribution in [2.75, 3.05) is 17.7 Å². The molecule has 2 aromatic rings. The number of para-hydroxylation sites is 3. The van der Waals surface area contributed by atoms with Gasteiger partial charge in [-0.25, -0.2) is 5.43 Å². The van der Waals surface area contributed by atoms with Crippen LogP contribution in [0.15, 0.2) is 53.6 Å². The average molecular weight is 414 g/mol. The van der Waals surface area contributed by atoms with Gasteiger partial charge in [-0.2, -0.15) is 5.10 Å². The van der Waals surface area contributed by atoms with E-state index < -0.39 is 0 Å². The molecule has 1 unspecified atom stereocenters. The van der Waals surface area contributed by atoms with Crippen molar-refractivity contribution in [3.05, 3.63) is 54.1 Å². The lowest BCUT2D eigenvalue weighted by Gasteiger charge is -2.10. The molecule has 0 fully saturated rings. The average Bonchev–Trinajstić information content (AvgIpc) is 3.16. The second-order valence-electron chi connectivity index (χ2n) is 6.64. The fourth-order valence-corrected chi connectivity index (χ4v) is 3.57. The molecule has 0 spiro atoms. The minimum Gasteiger partial charge on any atom is -0.493 e. The summed E-state index contributed by atoms with van der Waals surface area (Å²) in [5.41, 5.74) is 4.06. The lowest BCUT2D eigenvalue weighted by molar-refractivity contribution is -0.118. The van der Waals surface area contributed by atoms with Crippen molar-refractivity contribution in [1.29, 1.82) is 0 Å². The molecule has 1 amide bonds. The summed E-state index contributed by atoms with van der Waals surface area (Å²) in [7, 11) is 0. The zero-order chi connectivity index (χ0) is 20.3. The number of thioether (sulfide) groups is 1. The Morgan fingerprint density at radius 1 is 1.21 bits per heavy atom. The molecule has 1 heterocycles. The SMILES string of the molecule is CCCCCCOc1ccccc1/C=N/NC(=O)CSC1Nc2ccccc2O1. The Morgan fingerprint density at radius 2 is 2.03 bits per heavy atom. The van der Waals surface area contributed by atoms with Gasteiger partial charge < -0.3 is 14.8 Å². The maximum atomic E-state index is 12.1. The minimum atomic E-state index is -0.274. The van der Waals surface area contributed by atoms with Gasteiger partial charge in [-0.05, 0) is 30.7 Å². The number of carbonyl (C=O) groups is 1. The number of carbonyl (C=O) groups excluding carboxylic acids is 1. The lowest BCUT2D eigenvalue weighted by Crippen LogP contribution is -2.24. The van der Waals surface area contributed by atoms with E-state index in [9.17, 15) is 4.79 Å². The van der Waals surface area contributed by atoms with Crippen molar-refractivity contribution in [3.8, 4) is 11.5 Å². The zero-order valence-electron chi connectivity index (χ0n) is 16.6. The smallest absolute Gasteiger partial charge is 0.250 e. The van der Waals surface area contributed by atoms with Gasteiger partial charge in [-0.15, -0.1) is 0 Å². The molecule has 2 N–H and O–H groups in total. The number of rotatable bonds is 11. The monoisotopic (exact) mass is 413 g/mol. The third-order valence-electron chi connectivity index (χ3n) is 4.33. The number of benzene rings is 2. The van der Waals surface area contributed by atoms with Crippen LogP contribution >= 0.6 is 11.8 Å². The van der Waals surface area contributed by atoms with Crippen LogP contribution in [0.5, 0.6) is 11.5 Å². The van der Waals surface area contributed by atoms with Gasteiger partial charge in [0.05, 0.1) is 24.3 Å². The number of hydrogen-bond acceptors (Lipinski definition) is 6. The predicted octanol–water partition coefficient (Wildman–Crippen LogP) is 4.62. The molecule has 154 valence electrons. The first-order valence-electron chi connectivity index (χ1n) is 9.94. The van der Waals surface area contributed by atoms with Crippen LogP contribution < -0.4 is 20.2 Å². The first kappa shape index (κ1) is 21.0. The molecular formula is C22H27N3O3S. The number of hydrogen-bond donors (Lipinski definition) is 2. The van der Waals surface area contributed by atoms with Crippen LogP contribution in [-0.4, -0.2) is 30.0 Å².